The number of thiophene rings is 2. The molecule has 0 fully saturated rings. The van der Waals surface area contributed by atoms with E-state index in [0.29, 0.717) is 0 Å². The lowest BCUT2D eigenvalue weighted by molar-refractivity contribution is 0.590. The molecule has 0 unspecified atom stereocenters. The molecule has 0 bridgehead atoms. The van der Waals surface area contributed by atoms with Crippen LogP contribution in [0.25, 0.3) is 51.1 Å². The number of nitrogens with zero attached hydrogens (tertiary/aromatic N) is 2. The first kappa shape index (κ1) is 36.4. The van der Waals surface area contributed by atoms with Crippen molar-refractivity contribution in [3.63, 3.8) is 0 Å². The maximum atomic E-state index is 2.43. The summed E-state index contributed by atoms with van der Waals surface area (Å²) in [6.07, 6.45) is 0. The van der Waals surface area contributed by atoms with Gasteiger partial charge in [-0.2, -0.15) is 0 Å². The van der Waals surface area contributed by atoms with Crippen LogP contribution >= 0.6 is 22.7 Å². The van der Waals surface area contributed by atoms with Crippen LogP contribution in [0.2, 0.25) is 0 Å². The average molecular weight is 787 g/mol. The monoisotopic (exact) mass is 786 g/mol. The molecule has 4 heteroatoms. The van der Waals surface area contributed by atoms with E-state index in [1.54, 1.807) is 0 Å². The smallest absolute Gasteiger partial charge is 0.0498 e. The van der Waals surface area contributed by atoms with E-state index in [0.717, 1.165) is 11.4 Å². The van der Waals surface area contributed by atoms with Crippen LogP contribution in [0.15, 0.2) is 170 Å². The van der Waals surface area contributed by atoms with Crippen LogP contribution in [0.3, 0.4) is 0 Å². The van der Waals surface area contributed by atoms with Crippen LogP contribution in [-0.2, 0) is 10.8 Å². The second-order valence-electron chi connectivity index (χ2n) is 17.4. The molecule has 0 atom stereocenters. The van der Waals surface area contributed by atoms with E-state index in [-0.39, 0.29) is 10.8 Å². The number of para-hydroxylation sites is 4. The van der Waals surface area contributed by atoms with Crippen LogP contribution < -0.4 is 9.80 Å². The van der Waals surface area contributed by atoms with Gasteiger partial charge in [-0.25, -0.2) is 0 Å². The van der Waals surface area contributed by atoms with Gasteiger partial charge in [-0.15, -0.1) is 22.7 Å². The van der Waals surface area contributed by atoms with Crippen LogP contribution in [0, 0.1) is 0 Å². The van der Waals surface area contributed by atoms with E-state index in [1.165, 1.54) is 85.0 Å². The molecule has 284 valence electrons. The molecule has 58 heavy (non-hydrogen) atoms. The van der Waals surface area contributed by atoms with Crippen LogP contribution in [0.5, 0.6) is 0 Å². The first-order valence-corrected chi connectivity index (χ1v) is 21.8. The van der Waals surface area contributed by atoms with Crippen molar-refractivity contribution in [1.82, 2.24) is 0 Å². The molecule has 0 N–H and O–H groups in total. The van der Waals surface area contributed by atoms with Gasteiger partial charge in [-0.1, -0.05) is 139 Å². The normalized spacial score (nSPS) is 12.3. The Bertz CT molecular complexity index is 2930. The van der Waals surface area contributed by atoms with Gasteiger partial charge >= 0.3 is 0 Å². The zero-order valence-electron chi connectivity index (χ0n) is 33.9. The zero-order valence-corrected chi connectivity index (χ0v) is 35.5. The molecule has 2 nitrogen and oxygen atoms in total. The Morgan fingerprint density at radius 2 is 0.741 bits per heavy atom. The lowest BCUT2D eigenvalue weighted by atomic mass is 9.85. The number of rotatable bonds is 6. The Labute approximate surface area is 349 Å². The summed E-state index contributed by atoms with van der Waals surface area (Å²) < 4.78 is 5.23. The number of hydrogen-bond donors (Lipinski definition) is 0. The Morgan fingerprint density at radius 1 is 0.345 bits per heavy atom. The van der Waals surface area contributed by atoms with Crippen molar-refractivity contribution in [1.29, 1.82) is 0 Å². The summed E-state index contributed by atoms with van der Waals surface area (Å²) in [5, 5.41) is 7.95. The molecule has 2 heterocycles. The van der Waals surface area contributed by atoms with Crippen molar-refractivity contribution in [2.45, 2.75) is 52.4 Å². The maximum absolute atomic E-state index is 2.43. The van der Waals surface area contributed by atoms with E-state index in [2.05, 4.69) is 221 Å². The predicted molar refractivity (Wildman–Crippen MR) is 256 cm³/mol. The van der Waals surface area contributed by atoms with E-state index in [9.17, 15) is 0 Å². The highest BCUT2D eigenvalue weighted by molar-refractivity contribution is 7.27. The zero-order chi connectivity index (χ0) is 39.8. The summed E-state index contributed by atoms with van der Waals surface area (Å²) in [4.78, 5) is 4.87. The molecule has 8 aromatic carbocycles. The van der Waals surface area contributed by atoms with Crippen molar-refractivity contribution in [3.05, 3.63) is 181 Å². The topological polar surface area (TPSA) is 6.48 Å². The maximum Gasteiger partial charge on any atom is 0.0498 e. The van der Waals surface area contributed by atoms with Gasteiger partial charge in [-0.3, -0.25) is 0 Å². The number of fused-ring (bicyclic) bond motifs is 9. The lowest BCUT2D eigenvalue weighted by Crippen LogP contribution is -2.18. The third-order valence-electron chi connectivity index (χ3n) is 11.5. The minimum absolute atomic E-state index is 0.0174. The molecule has 0 saturated carbocycles. The summed E-state index contributed by atoms with van der Waals surface area (Å²) in [5.41, 5.74) is 9.68. The predicted octanol–water partition coefficient (Wildman–Crippen LogP) is 17.1. The minimum atomic E-state index is -0.0174. The lowest BCUT2D eigenvalue weighted by Gasteiger charge is -2.32. The first-order valence-electron chi connectivity index (χ1n) is 20.2. The fourth-order valence-electron chi connectivity index (χ4n) is 8.82. The standard InChI is InChI=1S/C54H46N2S2/c1-53(2,3)42-21-13-15-23-44(42)55(36-17-9-7-10-18-36)38-27-29-40-48(33-38)57-46-31-25-35-26-32-47-52(50(35)51(40)46)41-30-28-39(34-49(41)58-47)56(37-19-11-8-12-20-37)45-24-16-14-22-43(45)54(4,5)6/h7-34H,1-6H3. The molecule has 0 saturated heterocycles. The highest BCUT2D eigenvalue weighted by Crippen LogP contribution is 2.49. The second kappa shape index (κ2) is 13.9. The van der Waals surface area contributed by atoms with Gasteiger partial charge in [0.15, 0.2) is 0 Å². The molecule has 2 aromatic heterocycles. The number of hydrogen-bond acceptors (Lipinski definition) is 4. The average Bonchev–Trinajstić information content (AvgIpc) is 3.79. The third kappa shape index (κ3) is 6.14. The molecular weight excluding hydrogens is 741 g/mol. The summed E-state index contributed by atoms with van der Waals surface area (Å²) >= 11 is 3.80. The van der Waals surface area contributed by atoms with Crippen molar-refractivity contribution in [2.24, 2.45) is 0 Å². The molecular formula is C54H46N2S2. The summed E-state index contributed by atoms with van der Waals surface area (Å²) in [6, 6.07) is 62.8. The first-order chi connectivity index (χ1) is 28.0. The molecule has 0 aliphatic rings. The van der Waals surface area contributed by atoms with E-state index in [4.69, 9.17) is 0 Å². The van der Waals surface area contributed by atoms with Crippen molar-refractivity contribution >= 4 is 108 Å². The van der Waals surface area contributed by atoms with Crippen molar-refractivity contribution < 1.29 is 0 Å². The quantitative estimate of drug-likeness (QED) is 0.166. The molecule has 10 aromatic rings. The van der Waals surface area contributed by atoms with Crippen LogP contribution in [0.1, 0.15) is 52.7 Å². The molecule has 0 radical (unpaired) electrons. The Kier molecular flexibility index (Phi) is 8.70. The second-order valence-corrected chi connectivity index (χ2v) is 19.6. The highest BCUT2D eigenvalue weighted by atomic mass is 32.1. The highest BCUT2D eigenvalue weighted by Gasteiger charge is 2.26. The molecule has 0 aliphatic heterocycles. The minimum Gasteiger partial charge on any atom is -0.310 e. The fourth-order valence-corrected chi connectivity index (χ4v) is 11.1. The SMILES string of the molecule is CC(C)(C)c1ccccc1N(c1ccccc1)c1ccc2c(c1)sc1ccc3ccc4sc5cc(N(c6ccccc6)c6ccccc6C(C)(C)C)ccc5c4c3c12. The summed E-state index contributed by atoms with van der Waals surface area (Å²) in [5.74, 6) is 0. The molecule has 0 aliphatic carbocycles. The Hall–Kier alpha value is -5.94. The van der Waals surface area contributed by atoms with Crippen LogP contribution in [-0.4, -0.2) is 0 Å². The largest absolute Gasteiger partial charge is 0.310 e. The molecule has 0 spiro atoms. The van der Waals surface area contributed by atoms with Crippen LogP contribution in [0.4, 0.5) is 34.1 Å². The van der Waals surface area contributed by atoms with Gasteiger partial charge in [0.05, 0.1) is 0 Å². The van der Waals surface area contributed by atoms with Crippen molar-refractivity contribution in [2.75, 3.05) is 9.80 Å². The van der Waals surface area contributed by atoms with Crippen molar-refractivity contribution in [3.8, 4) is 0 Å². The van der Waals surface area contributed by atoms with Gasteiger partial charge in [0.2, 0.25) is 0 Å². The molecule has 0 amide bonds. The summed E-state index contributed by atoms with van der Waals surface area (Å²) in [6.45, 7) is 13.8. The van der Waals surface area contributed by atoms with E-state index < -0.39 is 0 Å². The van der Waals surface area contributed by atoms with E-state index in [1.807, 2.05) is 22.7 Å². The number of anilines is 6. The third-order valence-corrected chi connectivity index (χ3v) is 13.7. The van der Waals surface area contributed by atoms with Gasteiger partial charge in [0.1, 0.15) is 0 Å². The van der Waals surface area contributed by atoms with Gasteiger partial charge in [-0.05, 0) is 100 Å². The number of benzene rings is 8. The molecule has 10 rings (SSSR count). The fraction of sp³-hybridized carbons (Fsp3) is 0.148. The van der Waals surface area contributed by atoms with Gasteiger partial charge in [0.25, 0.3) is 0 Å². The van der Waals surface area contributed by atoms with E-state index >= 15 is 0 Å². The Balaban J connectivity index is 1.17. The van der Waals surface area contributed by atoms with Gasteiger partial charge < -0.3 is 9.80 Å². The summed E-state index contributed by atoms with van der Waals surface area (Å²) in [7, 11) is 0. The Morgan fingerprint density at radius 3 is 1.16 bits per heavy atom. The van der Waals surface area contributed by atoms with Gasteiger partial charge in [0, 0.05) is 79.9 Å².